The zero-order chi connectivity index (χ0) is 13.8. The summed E-state index contributed by atoms with van der Waals surface area (Å²) in [6.45, 7) is 8.55. The van der Waals surface area contributed by atoms with Crippen LogP contribution in [-0.2, 0) is 0 Å². The number of halogens is 4. The van der Waals surface area contributed by atoms with Crippen molar-refractivity contribution in [1.29, 1.82) is 0 Å². The second kappa shape index (κ2) is 10.0. The summed E-state index contributed by atoms with van der Waals surface area (Å²) < 4.78 is 14.5. The molecule has 0 bridgehead atoms. The van der Waals surface area contributed by atoms with Crippen molar-refractivity contribution in [2.45, 2.75) is 26.3 Å². The molecule has 122 valence electrons. The molecule has 1 aromatic carbocycles. The average molecular weight is 402 g/mol. The second-order valence-corrected chi connectivity index (χ2v) is 6.23. The number of piperazine rings is 1. The first-order chi connectivity index (χ1) is 9.11. The van der Waals surface area contributed by atoms with E-state index < -0.39 is 0 Å². The standard InChI is InChI=1S/C15H22BrFN2.2ClH/c1-3-11(2)15(19-6-4-18-5-7-19)12-8-13(16)10-14(17)9-12;;/h8-11,15,18H,3-7H2,1-2H3;2*1H/t11?,15-;;/m0../s1. The molecule has 0 aromatic heterocycles. The molecule has 1 aromatic rings. The van der Waals surface area contributed by atoms with Gasteiger partial charge in [0.25, 0.3) is 0 Å². The normalized spacial score (nSPS) is 18.3. The molecule has 1 N–H and O–H groups in total. The minimum atomic E-state index is -0.159. The highest BCUT2D eigenvalue weighted by atomic mass is 79.9. The summed E-state index contributed by atoms with van der Waals surface area (Å²) in [5.41, 5.74) is 1.09. The number of nitrogens with zero attached hydrogens (tertiary/aromatic N) is 1. The Bertz CT molecular complexity index is 408. The molecule has 0 radical (unpaired) electrons. The van der Waals surface area contributed by atoms with Crippen LogP contribution in [0.15, 0.2) is 22.7 Å². The number of benzene rings is 1. The lowest BCUT2D eigenvalue weighted by Gasteiger charge is -2.38. The molecule has 1 unspecified atom stereocenters. The molecule has 0 amide bonds. The molecule has 1 aliphatic heterocycles. The van der Waals surface area contributed by atoms with E-state index in [1.54, 1.807) is 6.07 Å². The highest BCUT2D eigenvalue weighted by Crippen LogP contribution is 2.32. The molecule has 0 saturated carbocycles. The summed E-state index contributed by atoms with van der Waals surface area (Å²) in [6.07, 6.45) is 1.10. The van der Waals surface area contributed by atoms with E-state index in [0.717, 1.165) is 42.6 Å². The van der Waals surface area contributed by atoms with E-state index in [9.17, 15) is 4.39 Å². The first-order valence-corrected chi connectivity index (χ1v) is 7.82. The van der Waals surface area contributed by atoms with Gasteiger partial charge >= 0.3 is 0 Å². The topological polar surface area (TPSA) is 15.3 Å². The Morgan fingerprint density at radius 1 is 1.24 bits per heavy atom. The largest absolute Gasteiger partial charge is 0.314 e. The fourth-order valence-electron chi connectivity index (χ4n) is 2.83. The summed E-state index contributed by atoms with van der Waals surface area (Å²) >= 11 is 3.41. The van der Waals surface area contributed by atoms with Crippen molar-refractivity contribution in [3.8, 4) is 0 Å². The van der Waals surface area contributed by atoms with Crippen molar-refractivity contribution in [2.75, 3.05) is 26.2 Å². The Kier molecular flexibility index (Phi) is 10.1. The van der Waals surface area contributed by atoms with Crippen molar-refractivity contribution in [3.63, 3.8) is 0 Å². The van der Waals surface area contributed by atoms with Crippen molar-refractivity contribution < 1.29 is 4.39 Å². The third kappa shape index (κ3) is 5.68. The molecule has 1 aliphatic rings. The molecule has 1 fully saturated rings. The number of hydrogen-bond acceptors (Lipinski definition) is 2. The zero-order valence-corrected chi connectivity index (χ0v) is 15.7. The summed E-state index contributed by atoms with van der Waals surface area (Å²) in [6, 6.07) is 5.57. The van der Waals surface area contributed by atoms with Crippen LogP contribution in [0, 0.1) is 11.7 Å². The number of hydrogen-bond donors (Lipinski definition) is 1. The third-order valence-corrected chi connectivity index (χ3v) is 4.41. The van der Waals surface area contributed by atoms with Crippen LogP contribution in [0.25, 0.3) is 0 Å². The Morgan fingerprint density at radius 3 is 2.38 bits per heavy atom. The Labute approximate surface area is 147 Å². The maximum atomic E-state index is 13.7. The van der Waals surface area contributed by atoms with Gasteiger partial charge in [0.2, 0.25) is 0 Å². The maximum absolute atomic E-state index is 13.7. The molecular formula is C15H24BrCl2FN2. The lowest BCUT2D eigenvalue weighted by molar-refractivity contribution is 0.128. The van der Waals surface area contributed by atoms with Gasteiger partial charge in [-0.25, -0.2) is 4.39 Å². The van der Waals surface area contributed by atoms with Crippen LogP contribution in [-0.4, -0.2) is 31.1 Å². The van der Waals surface area contributed by atoms with Gasteiger partial charge in [-0.15, -0.1) is 24.8 Å². The maximum Gasteiger partial charge on any atom is 0.124 e. The molecular weight excluding hydrogens is 378 g/mol. The van der Waals surface area contributed by atoms with Crippen LogP contribution >= 0.6 is 40.7 Å². The molecule has 0 spiro atoms. The summed E-state index contributed by atoms with van der Waals surface area (Å²) in [7, 11) is 0. The molecule has 2 atom stereocenters. The second-order valence-electron chi connectivity index (χ2n) is 5.32. The highest BCUT2D eigenvalue weighted by Gasteiger charge is 2.26. The fourth-order valence-corrected chi connectivity index (χ4v) is 3.31. The quantitative estimate of drug-likeness (QED) is 0.802. The summed E-state index contributed by atoms with van der Waals surface area (Å²) in [5, 5.41) is 3.38. The average Bonchev–Trinajstić information content (AvgIpc) is 2.39. The van der Waals surface area contributed by atoms with Crippen LogP contribution in [0.2, 0.25) is 0 Å². The highest BCUT2D eigenvalue weighted by molar-refractivity contribution is 9.10. The fraction of sp³-hybridized carbons (Fsp3) is 0.600. The van der Waals surface area contributed by atoms with E-state index in [0.29, 0.717) is 12.0 Å². The molecule has 1 saturated heterocycles. The first kappa shape index (κ1) is 21.1. The van der Waals surface area contributed by atoms with Crippen LogP contribution in [0.1, 0.15) is 31.9 Å². The van der Waals surface area contributed by atoms with E-state index in [-0.39, 0.29) is 30.6 Å². The van der Waals surface area contributed by atoms with Crippen LogP contribution in [0.4, 0.5) is 4.39 Å². The van der Waals surface area contributed by atoms with E-state index in [1.165, 1.54) is 6.07 Å². The van der Waals surface area contributed by atoms with Crippen LogP contribution in [0.5, 0.6) is 0 Å². The lowest BCUT2D eigenvalue weighted by atomic mass is 9.90. The van der Waals surface area contributed by atoms with E-state index in [1.807, 2.05) is 0 Å². The monoisotopic (exact) mass is 400 g/mol. The Balaban J connectivity index is 0.00000200. The summed E-state index contributed by atoms with van der Waals surface area (Å²) in [4.78, 5) is 2.48. The van der Waals surface area contributed by atoms with Crippen LogP contribution in [0.3, 0.4) is 0 Å². The molecule has 21 heavy (non-hydrogen) atoms. The van der Waals surface area contributed by atoms with Gasteiger partial charge in [0.15, 0.2) is 0 Å². The van der Waals surface area contributed by atoms with E-state index >= 15 is 0 Å². The van der Waals surface area contributed by atoms with Gasteiger partial charge in [-0.3, -0.25) is 4.90 Å². The van der Waals surface area contributed by atoms with Gasteiger partial charge in [0, 0.05) is 36.7 Å². The Hall–Kier alpha value is 0.130. The predicted molar refractivity (Wildman–Crippen MR) is 95.2 cm³/mol. The predicted octanol–water partition coefficient (Wildman–Crippen LogP) is 4.42. The van der Waals surface area contributed by atoms with Crippen molar-refractivity contribution >= 4 is 40.7 Å². The Morgan fingerprint density at radius 2 is 1.86 bits per heavy atom. The van der Waals surface area contributed by atoms with Gasteiger partial charge in [0.1, 0.15) is 5.82 Å². The van der Waals surface area contributed by atoms with E-state index in [4.69, 9.17) is 0 Å². The lowest BCUT2D eigenvalue weighted by Crippen LogP contribution is -2.46. The van der Waals surface area contributed by atoms with Crippen molar-refractivity contribution in [2.24, 2.45) is 5.92 Å². The summed E-state index contributed by atoms with van der Waals surface area (Å²) in [5.74, 6) is 0.361. The minimum Gasteiger partial charge on any atom is -0.314 e. The van der Waals surface area contributed by atoms with Crippen LogP contribution < -0.4 is 5.32 Å². The van der Waals surface area contributed by atoms with Crippen molar-refractivity contribution in [3.05, 3.63) is 34.1 Å². The smallest absolute Gasteiger partial charge is 0.124 e. The van der Waals surface area contributed by atoms with Gasteiger partial charge in [0.05, 0.1) is 0 Å². The molecule has 1 heterocycles. The van der Waals surface area contributed by atoms with Gasteiger partial charge in [-0.05, 0) is 29.7 Å². The first-order valence-electron chi connectivity index (χ1n) is 7.02. The van der Waals surface area contributed by atoms with E-state index in [2.05, 4.69) is 46.1 Å². The SMILES string of the molecule is CCC(C)[C@@H](c1cc(F)cc(Br)c1)N1CCNCC1.Cl.Cl. The number of rotatable bonds is 4. The zero-order valence-electron chi connectivity index (χ0n) is 12.4. The van der Waals surface area contributed by atoms with Gasteiger partial charge < -0.3 is 5.32 Å². The molecule has 2 nitrogen and oxygen atoms in total. The molecule has 6 heteroatoms. The molecule has 2 rings (SSSR count). The van der Waals surface area contributed by atoms with Crippen molar-refractivity contribution in [1.82, 2.24) is 10.2 Å². The third-order valence-electron chi connectivity index (χ3n) is 3.95. The molecule has 0 aliphatic carbocycles. The minimum absolute atomic E-state index is 0. The number of nitrogens with one attached hydrogen (secondary N) is 1. The van der Waals surface area contributed by atoms with Gasteiger partial charge in [-0.1, -0.05) is 36.2 Å². The van der Waals surface area contributed by atoms with Gasteiger partial charge in [-0.2, -0.15) is 0 Å².